The molecule has 200 valence electrons. The van der Waals surface area contributed by atoms with Gasteiger partial charge >= 0.3 is 17.3 Å². The first-order valence-corrected chi connectivity index (χ1v) is 12.4. The smallest absolute Gasteiger partial charge is 0.354 e. The second-order valence-electron chi connectivity index (χ2n) is 9.12. The fraction of sp³-hybridized carbons (Fsp3) is 0.222. The Morgan fingerprint density at radius 2 is 1.79 bits per heavy atom. The summed E-state index contributed by atoms with van der Waals surface area (Å²) in [7, 11) is 0. The molecule has 0 unspecified atom stereocenters. The summed E-state index contributed by atoms with van der Waals surface area (Å²) >= 11 is 6.00. The minimum Gasteiger partial charge on any atom is -0.481 e. The van der Waals surface area contributed by atoms with Crippen LogP contribution in [0, 0.1) is 11.8 Å². The van der Waals surface area contributed by atoms with Crippen LogP contribution in [0.25, 0.3) is 0 Å². The summed E-state index contributed by atoms with van der Waals surface area (Å²) in [6.07, 6.45) is 0.403. The lowest BCUT2D eigenvalue weighted by Gasteiger charge is -2.16. The quantitative estimate of drug-likeness (QED) is 0.300. The van der Waals surface area contributed by atoms with Gasteiger partial charge in [0.2, 0.25) is 11.8 Å². The number of nitrogens with zero attached hydrogens (tertiary/aromatic N) is 4. The van der Waals surface area contributed by atoms with Gasteiger partial charge in [0.25, 0.3) is 0 Å². The Morgan fingerprint density at radius 1 is 1.05 bits per heavy atom. The third-order valence-corrected chi connectivity index (χ3v) is 6.56. The molecule has 0 radical (unpaired) electrons. The van der Waals surface area contributed by atoms with Gasteiger partial charge in [0.05, 0.1) is 18.2 Å². The molecule has 2 heterocycles. The lowest BCUT2D eigenvalue weighted by atomic mass is 10.2. The van der Waals surface area contributed by atoms with Crippen molar-refractivity contribution in [3.63, 3.8) is 0 Å². The molecule has 0 saturated heterocycles. The number of anilines is 2. The first kappa shape index (κ1) is 26.1. The molecule has 2 aromatic carbocycles. The highest BCUT2D eigenvalue weighted by Gasteiger charge is 2.43. The highest BCUT2D eigenvalue weighted by atomic mass is 35.5. The molecule has 1 saturated carbocycles. The molecule has 39 heavy (non-hydrogen) atoms. The summed E-state index contributed by atoms with van der Waals surface area (Å²) < 4.78 is 20.9. The Morgan fingerprint density at radius 3 is 2.46 bits per heavy atom. The van der Waals surface area contributed by atoms with Gasteiger partial charge in [-0.1, -0.05) is 29.8 Å². The van der Waals surface area contributed by atoms with Crippen LogP contribution in [0.15, 0.2) is 76.3 Å². The number of carboxylic acids is 1. The molecular formula is C27H23ClFN5O5. The van der Waals surface area contributed by atoms with Crippen LogP contribution in [0.3, 0.4) is 0 Å². The average Bonchev–Trinajstić information content (AvgIpc) is 3.71. The molecule has 0 bridgehead atoms. The topological polar surface area (TPSA) is 128 Å². The van der Waals surface area contributed by atoms with Gasteiger partial charge in [-0.25, -0.2) is 23.5 Å². The molecule has 1 aliphatic carbocycles. The molecule has 2 N–H and O–H groups in total. The number of rotatable bonds is 10. The third-order valence-electron chi connectivity index (χ3n) is 6.31. The number of aromatic nitrogens is 4. The van der Waals surface area contributed by atoms with Crippen molar-refractivity contribution in [2.75, 3.05) is 5.32 Å². The van der Waals surface area contributed by atoms with E-state index >= 15 is 0 Å². The largest absolute Gasteiger partial charge is 0.481 e. The number of nitrogens with one attached hydrogen (secondary N) is 1. The Labute approximate surface area is 226 Å². The van der Waals surface area contributed by atoms with Crippen LogP contribution in [-0.4, -0.2) is 30.2 Å². The van der Waals surface area contributed by atoms with Gasteiger partial charge in [-0.15, -0.1) is 0 Å². The maximum absolute atomic E-state index is 13.4. The van der Waals surface area contributed by atoms with E-state index in [4.69, 9.17) is 16.3 Å². The summed E-state index contributed by atoms with van der Waals surface area (Å²) in [6.45, 7) is -0.632. The molecule has 2 aromatic heterocycles. The van der Waals surface area contributed by atoms with Crippen LogP contribution in [0.4, 0.5) is 16.0 Å². The number of carbonyl (C=O) groups is 1. The number of ether oxygens (including phenoxy) is 1. The van der Waals surface area contributed by atoms with Gasteiger partial charge in [-0.05, 0) is 60.4 Å². The molecule has 0 spiro atoms. The van der Waals surface area contributed by atoms with E-state index in [1.165, 1.54) is 4.57 Å². The van der Waals surface area contributed by atoms with Crippen LogP contribution in [0.5, 0.6) is 11.6 Å². The maximum atomic E-state index is 13.4. The third kappa shape index (κ3) is 6.15. The van der Waals surface area contributed by atoms with Crippen molar-refractivity contribution in [1.82, 2.24) is 19.1 Å². The Balaban J connectivity index is 1.42. The molecule has 12 heteroatoms. The van der Waals surface area contributed by atoms with Crippen LogP contribution < -0.4 is 21.4 Å². The summed E-state index contributed by atoms with van der Waals surface area (Å²) in [5.41, 5.74) is 0.144. The number of benzene rings is 2. The van der Waals surface area contributed by atoms with Gasteiger partial charge in [0, 0.05) is 23.3 Å². The van der Waals surface area contributed by atoms with Crippen LogP contribution in [0.1, 0.15) is 17.7 Å². The normalized spacial score (nSPS) is 16.1. The van der Waals surface area contributed by atoms with Gasteiger partial charge in [-0.3, -0.25) is 9.36 Å². The van der Waals surface area contributed by atoms with Crippen LogP contribution >= 0.6 is 11.6 Å². The molecule has 0 aliphatic heterocycles. The van der Waals surface area contributed by atoms with Gasteiger partial charge in [0.15, 0.2) is 0 Å². The predicted octanol–water partition coefficient (Wildman–Crippen LogP) is 4.23. The van der Waals surface area contributed by atoms with E-state index in [9.17, 15) is 23.9 Å². The van der Waals surface area contributed by atoms with Crippen molar-refractivity contribution < 1.29 is 19.0 Å². The van der Waals surface area contributed by atoms with E-state index in [-0.39, 0.29) is 36.5 Å². The number of halogens is 2. The van der Waals surface area contributed by atoms with E-state index in [0.29, 0.717) is 22.9 Å². The Kier molecular flexibility index (Phi) is 7.42. The van der Waals surface area contributed by atoms with Crippen molar-refractivity contribution in [2.24, 2.45) is 11.8 Å². The average molecular weight is 552 g/mol. The molecule has 1 fully saturated rings. The first-order valence-electron chi connectivity index (χ1n) is 12.1. The van der Waals surface area contributed by atoms with Gasteiger partial charge in [-0.2, -0.15) is 4.98 Å². The van der Waals surface area contributed by atoms with Crippen molar-refractivity contribution >= 4 is 29.2 Å². The molecular weight excluding hydrogens is 529 g/mol. The zero-order valence-electron chi connectivity index (χ0n) is 20.5. The number of hydrogen-bond donors (Lipinski definition) is 2. The summed E-state index contributed by atoms with van der Waals surface area (Å²) in [5, 5.41) is 12.8. The summed E-state index contributed by atoms with van der Waals surface area (Å²) in [4.78, 5) is 45.7. The van der Waals surface area contributed by atoms with Gasteiger partial charge < -0.3 is 15.2 Å². The first-order chi connectivity index (χ1) is 18.8. The lowest BCUT2D eigenvalue weighted by Crippen LogP contribution is -2.43. The highest BCUT2D eigenvalue weighted by Crippen LogP contribution is 2.39. The maximum Gasteiger partial charge on any atom is 0.354 e. The SMILES string of the molecule is O=C(O)[C@@H]1C[C@@H]1Cn1c(=O)nc(Nc2ccc(Oc3cccc(CF)n3)cc2)n(Cc2ccc(Cl)cc2)c1=O. The number of hydrogen-bond acceptors (Lipinski definition) is 7. The van der Waals surface area contributed by atoms with Crippen molar-refractivity contribution in [3.8, 4) is 11.6 Å². The van der Waals surface area contributed by atoms with Crippen molar-refractivity contribution in [2.45, 2.75) is 26.2 Å². The molecule has 4 aromatic rings. The minimum absolute atomic E-state index is 0.0211. The van der Waals surface area contributed by atoms with Crippen molar-refractivity contribution in [3.05, 3.63) is 104 Å². The zero-order chi connectivity index (χ0) is 27.5. The Bertz CT molecular complexity index is 1620. The second-order valence-corrected chi connectivity index (χ2v) is 9.55. The predicted molar refractivity (Wildman–Crippen MR) is 141 cm³/mol. The van der Waals surface area contributed by atoms with Gasteiger partial charge in [0.1, 0.15) is 12.4 Å². The van der Waals surface area contributed by atoms with Crippen LogP contribution in [-0.2, 0) is 24.6 Å². The molecule has 1 aliphatic rings. The standard InChI is InChI=1S/C27H23ClFN5O5/c28-18-6-4-16(5-7-18)14-33-25(32-26(37)34(27(33)38)15-17-12-22(17)24(35)36)31-19-8-10-21(11-9-19)39-23-3-1-2-20(13-29)30-23/h1-11,17,22H,12-15H2,(H,35,36)(H,31,32,37)/t17-,22-/m1/s1. The number of alkyl halides is 1. The number of pyridine rings is 1. The monoisotopic (exact) mass is 551 g/mol. The van der Waals surface area contributed by atoms with E-state index in [1.807, 2.05) is 0 Å². The van der Waals surface area contributed by atoms with Crippen molar-refractivity contribution in [1.29, 1.82) is 0 Å². The van der Waals surface area contributed by atoms with E-state index in [0.717, 1.165) is 10.1 Å². The summed E-state index contributed by atoms with van der Waals surface area (Å²) in [5.74, 6) is -1.11. The molecule has 10 nitrogen and oxygen atoms in total. The molecule has 2 atom stereocenters. The highest BCUT2D eigenvalue weighted by molar-refractivity contribution is 6.30. The van der Waals surface area contributed by atoms with E-state index in [2.05, 4.69) is 15.3 Å². The summed E-state index contributed by atoms with van der Waals surface area (Å²) in [6, 6.07) is 18.3. The Hall–Kier alpha value is -4.51. The number of aliphatic carboxylic acids is 1. The lowest BCUT2D eigenvalue weighted by molar-refractivity contribution is -0.138. The van der Waals surface area contributed by atoms with Crippen LogP contribution in [0.2, 0.25) is 5.02 Å². The zero-order valence-corrected chi connectivity index (χ0v) is 21.2. The molecule has 0 amide bonds. The fourth-order valence-corrected chi connectivity index (χ4v) is 4.25. The number of carboxylic acid groups (broad SMARTS) is 1. The van der Waals surface area contributed by atoms with E-state index in [1.54, 1.807) is 66.7 Å². The minimum atomic E-state index is -0.945. The second kappa shape index (κ2) is 11.1. The van der Waals surface area contributed by atoms with E-state index < -0.39 is 29.9 Å². The fourth-order valence-electron chi connectivity index (χ4n) is 4.13. The molecule has 5 rings (SSSR count).